The summed E-state index contributed by atoms with van der Waals surface area (Å²) in [5.41, 5.74) is 2.18. The summed E-state index contributed by atoms with van der Waals surface area (Å²) in [5, 5.41) is 8.86. The largest absolute Gasteiger partial charge is 0.478 e. The highest BCUT2D eigenvalue weighted by molar-refractivity contribution is 5.87. The zero-order chi connectivity index (χ0) is 13.0. The number of carbonyl (C=O) groups is 1. The van der Waals surface area contributed by atoms with Crippen LogP contribution in [0.1, 0.15) is 27.2 Å². The summed E-state index contributed by atoms with van der Waals surface area (Å²) < 4.78 is 10.7. The maximum absolute atomic E-state index is 10.8. The Hall–Kier alpha value is -2.07. The van der Waals surface area contributed by atoms with Crippen LogP contribution < -0.4 is 0 Å². The van der Waals surface area contributed by atoms with Crippen LogP contribution in [0.4, 0.5) is 0 Å². The molecule has 0 bridgehead atoms. The van der Waals surface area contributed by atoms with Gasteiger partial charge in [0.1, 0.15) is 12.4 Å². The van der Waals surface area contributed by atoms with Crippen molar-refractivity contribution < 1.29 is 19.1 Å². The Kier molecular flexibility index (Phi) is 3.79. The molecule has 1 N–H and O–H groups in total. The molecule has 0 aliphatic carbocycles. The van der Waals surface area contributed by atoms with Gasteiger partial charge in [-0.05, 0) is 42.3 Å². The molecule has 0 saturated carbocycles. The number of rotatable bonds is 5. The molecule has 4 nitrogen and oxygen atoms in total. The highest BCUT2D eigenvalue weighted by atomic mass is 16.5. The van der Waals surface area contributed by atoms with Crippen molar-refractivity contribution in [2.75, 3.05) is 0 Å². The summed E-state index contributed by atoms with van der Waals surface area (Å²) in [4.78, 5) is 10.8. The Morgan fingerprint density at radius 2 is 2.17 bits per heavy atom. The summed E-state index contributed by atoms with van der Waals surface area (Å²) in [7, 11) is 0. The second kappa shape index (κ2) is 5.51. The van der Waals surface area contributed by atoms with Crippen molar-refractivity contribution in [3.63, 3.8) is 0 Å². The van der Waals surface area contributed by atoms with Crippen LogP contribution in [0.25, 0.3) is 0 Å². The molecule has 1 heterocycles. The van der Waals surface area contributed by atoms with E-state index in [0.29, 0.717) is 18.8 Å². The molecule has 0 aliphatic rings. The lowest BCUT2D eigenvalue weighted by atomic mass is 10.1. The van der Waals surface area contributed by atoms with E-state index in [9.17, 15) is 4.79 Å². The van der Waals surface area contributed by atoms with Gasteiger partial charge in [0.05, 0.1) is 18.4 Å². The topological polar surface area (TPSA) is 59.7 Å². The average molecular weight is 246 g/mol. The first kappa shape index (κ1) is 12.4. The van der Waals surface area contributed by atoms with Gasteiger partial charge in [0.25, 0.3) is 0 Å². The molecule has 4 heteroatoms. The number of carboxylic acid groups (broad SMARTS) is 1. The minimum Gasteiger partial charge on any atom is -0.478 e. The number of furan rings is 1. The standard InChI is InChI=1S/C14H14O4/c1-10-7-11(14(15)16)4-5-12(10)8-17-9-13-3-2-6-18-13/h2-7H,8-9H2,1H3,(H,15,16). The summed E-state index contributed by atoms with van der Waals surface area (Å²) >= 11 is 0. The van der Waals surface area contributed by atoms with Crippen LogP contribution in [0.2, 0.25) is 0 Å². The first-order chi connectivity index (χ1) is 8.66. The summed E-state index contributed by atoms with van der Waals surface area (Å²) in [6.45, 7) is 2.72. The van der Waals surface area contributed by atoms with Crippen molar-refractivity contribution in [2.45, 2.75) is 20.1 Å². The fraction of sp³-hybridized carbons (Fsp3) is 0.214. The lowest BCUT2D eigenvalue weighted by molar-refractivity contribution is 0.0696. The third kappa shape index (κ3) is 2.99. The van der Waals surface area contributed by atoms with Crippen molar-refractivity contribution in [1.29, 1.82) is 0 Å². The van der Waals surface area contributed by atoms with Crippen LogP contribution in [-0.4, -0.2) is 11.1 Å². The number of ether oxygens (including phenoxy) is 1. The molecule has 0 radical (unpaired) electrons. The molecule has 0 spiro atoms. The first-order valence-corrected chi connectivity index (χ1v) is 5.60. The number of aryl methyl sites for hydroxylation is 1. The third-order valence-corrected chi connectivity index (χ3v) is 2.67. The van der Waals surface area contributed by atoms with E-state index in [0.717, 1.165) is 16.9 Å². The minimum atomic E-state index is -0.916. The Labute approximate surface area is 105 Å². The molecule has 1 aromatic carbocycles. The van der Waals surface area contributed by atoms with Gasteiger partial charge in [-0.3, -0.25) is 0 Å². The second-order valence-corrected chi connectivity index (χ2v) is 4.02. The van der Waals surface area contributed by atoms with Gasteiger partial charge in [-0.2, -0.15) is 0 Å². The van der Waals surface area contributed by atoms with Gasteiger partial charge in [0.15, 0.2) is 0 Å². The molecule has 0 saturated heterocycles. The van der Waals surface area contributed by atoms with E-state index in [1.54, 1.807) is 24.5 Å². The van der Waals surface area contributed by atoms with Crippen molar-refractivity contribution >= 4 is 5.97 Å². The molecule has 0 fully saturated rings. The van der Waals surface area contributed by atoms with Crippen molar-refractivity contribution in [3.05, 3.63) is 59.0 Å². The first-order valence-electron chi connectivity index (χ1n) is 5.60. The average Bonchev–Trinajstić information content (AvgIpc) is 2.84. The maximum atomic E-state index is 10.8. The van der Waals surface area contributed by atoms with E-state index in [4.69, 9.17) is 14.3 Å². The SMILES string of the molecule is Cc1cc(C(=O)O)ccc1COCc1ccco1. The molecule has 18 heavy (non-hydrogen) atoms. The van der Waals surface area contributed by atoms with E-state index in [1.165, 1.54) is 0 Å². The molecule has 0 unspecified atom stereocenters. The van der Waals surface area contributed by atoms with Crippen molar-refractivity contribution in [3.8, 4) is 0 Å². The Bertz CT molecular complexity index is 529. The van der Waals surface area contributed by atoms with E-state index in [1.807, 2.05) is 19.1 Å². The van der Waals surface area contributed by atoms with Crippen LogP contribution in [0.15, 0.2) is 41.0 Å². The minimum absolute atomic E-state index is 0.294. The Balaban J connectivity index is 1.95. The Morgan fingerprint density at radius 3 is 2.78 bits per heavy atom. The van der Waals surface area contributed by atoms with Crippen LogP contribution >= 0.6 is 0 Å². The fourth-order valence-corrected chi connectivity index (χ4v) is 1.65. The number of aromatic carboxylic acids is 1. The number of hydrogen-bond acceptors (Lipinski definition) is 3. The van der Waals surface area contributed by atoms with Crippen LogP contribution in [-0.2, 0) is 18.0 Å². The normalized spacial score (nSPS) is 10.5. The zero-order valence-corrected chi connectivity index (χ0v) is 10.1. The van der Waals surface area contributed by atoms with Crippen molar-refractivity contribution in [1.82, 2.24) is 0 Å². The van der Waals surface area contributed by atoms with Gasteiger partial charge >= 0.3 is 5.97 Å². The third-order valence-electron chi connectivity index (χ3n) is 2.67. The van der Waals surface area contributed by atoms with Gasteiger partial charge in [0.2, 0.25) is 0 Å². The fourth-order valence-electron chi connectivity index (χ4n) is 1.65. The van der Waals surface area contributed by atoms with E-state index in [-0.39, 0.29) is 0 Å². The van der Waals surface area contributed by atoms with Crippen LogP contribution in [0, 0.1) is 6.92 Å². The lowest BCUT2D eigenvalue weighted by Gasteiger charge is -2.07. The van der Waals surface area contributed by atoms with Crippen molar-refractivity contribution in [2.24, 2.45) is 0 Å². The molecule has 2 rings (SSSR count). The molecule has 0 amide bonds. The molecule has 0 atom stereocenters. The number of hydrogen-bond donors (Lipinski definition) is 1. The molecule has 1 aromatic heterocycles. The van der Waals surface area contributed by atoms with Crippen LogP contribution in [0.3, 0.4) is 0 Å². The smallest absolute Gasteiger partial charge is 0.335 e. The van der Waals surface area contributed by atoms with E-state index < -0.39 is 5.97 Å². The molecular weight excluding hydrogens is 232 g/mol. The lowest BCUT2D eigenvalue weighted by Crippen LogP contribution is -2.00. The van der Waals surface area contributed by atoms with E-state index >= 15 is 0 Å². The predicted octanol–water partition coefficient (Wildman–Crippen LogP) is 3.00. The van der Waals surface area contributed by atoms with E-state index in [2.05, 4.69) is 0 Å². The predicted molar refractivity (Wildman–Crippen MR) is 65.3 cm³/mol. The summed E-state index contributed by atoms with van der Waals surface area (Å²) in [6, 6.07) is 8.67. The zero-order valence-electron chi connectivity index (χ0n) is 10.1. The number of carboxylic acids is 1. The highest BCUT2D eigenvalue weighted by Gasteiger charge is 2.06. The van der Waals surface area contributed by atoms with Gasteiger partial charge in [0, 0.05) is 0 Å². The second-order valence-electron chi connectivity index (χ2n) is 4.02. The maximum Gasteiger partial charge on any atom is 0.335 e. The van der Waals surface area contributed by atoms with Crippen LogP contribution in [0.5, 0.6) is 0 Å². The quantitative estimate of drug-likeness (QED) is 0.881. The molecule has 0 aliphatic heterocycles. The van der Waals surface area contributed by atoms with Gasteiger partial charge in [-0.1, -0.05) is 6.07 Å². The highest BCUT2D eigenvalue weighted by Crippen LogP contribution is 2.13. The Morgan fingerprint density at radius 1 is 1.33 bits per heavy atom. The van der Waals surface area contributed by atoms with Gasteiger partial charge < -0.3 is 14.3 Å². The summed E-state index contributed by atoms with van der Waals surface area (Å²) in [6.07, 6.45) is 1.60. The van der Waals surface area contributed by atoms with Gasteiger partial charge in [-0.25, -0.2) is 4.79 Å². The molecular formula is C14H14O4. The monoisotopic (exact) mass is 246 g/mol. The summed E-state index contributed by atoms with van der Waals surface area (Å²) in [5.74, 6) is -0.143. The van der Waals surface area contributed by atoms with Gasteiger partial charge in [-0.15, -0.1) is 0 Å². The number of benzene rings is 1. The molecule has 2 aromatic rings. The molecule has 94 valence electrons.